The highest BCUT2D eigenvalue weighted by Crippen LogP contribution is 2.15. The Morgan fingerprint density at radius 3 is 2.45 bits per heavy atom. The Balaban J connectivity index is 0.00000441. The first-order valence-electron chi connectivity index (χ1n) is 6.86. The molecule has 4 N–H and O–H groups in total. The molecule has 1 atom stereocenters. The summed E-state index contributed by atoms with van der Waals surface area (Å²) in [6, 6.07) is 2.29. The third-order valence-corrected chi connectivity index (χ3v) is 6.45. The molecule has 1 unspecified atom stereocenters. The molecular weight excluding hydrogens is 346 g/mol. The summed E-state index contributed by atoms with van der Waals surface area (Å²) < 4.78 is 26.6. The van der Waals surface area contributed by atoms with Crippen molar-refractivity contribution in [1.82, 2.24) is 10.0 Å². The third kappa shape index (κ3) is 5.85. The summed E-state index contributed by atoms with van der Waals surface area (Å²) in [5.41, 5.74) is 5.64. The molecule has 0 aliphatic carbocycles. The van der Waals surface area contributed by atoms with Gasteiger partial charge in [0.2, 0.25) is 5.91 Å². The molecule has 22 heavy (non-hydrogen) atoms. The summed E-state index contributed by atoms with van der Waals surface area (Å²) in [7, 11) is -3.65. The van der Waals surface area contributed by atoms with Crippen LogP contribution in [-0.2, 0) is 14.8 Å². The topological polar surface area (TPSA) is 101 Å². The van der Waals surface area contributed by atoms with Crippen LogP contribution in [0, 0.1) is 0 Å². The molecule has 6 nitrogen and oxygen atoms in total. The van der Waals surface area contributed by atoms with Crippen LogP contribution in [-0.4, -0.2) is 32.5 Å². The molecule has 0 bridgehead atoms. The SMILES string of the molecule is CCC(N)(CC)CNC(=O)C(C)NS(=O)(=O)c1cccs1.Cl. The van der Waals surface area contributed by atoms with Crippen molar-refractivity contribution >= 4 is 39.7 Å². The largest absolute Gasteiger partial charge is 0.353 e. The number of hydrogen-bond donors (Lipinski definition) is 3. The van der Waals surface area contributed by atoms with Crippen molar-refractivity contribution in [3.63, 3.8) is 0 Å². The summed E-state index contributed by atoms with van der Waals surface area (Å²) >= 11 is 1.11. The van der Waals surface area contributed by atoms with E-state index in [-0.39, 0.29) is 22.5 Å². The molecule has 1 aromatic rings. The van der Waals surface area contributed by atoms with E-state index in [0.717, 1.165) is 24.2 Å². The van der Waals surface area contributed by atoms with Gasteiger partial charge in [0.15, 0.2) is 0 Å². The first kappa shape index (κ1) is 21.3. The van der Waals surface area contributed by atoms with E-state index in [1.54, 1.807) is 11.4 Å². The molecule has 0 saturated heterocycles. The smallest absolute Gasteiger partial charge is 0.250 e. The Morgan fingerprint density at radius 1 is 1.41 bits per heavy atom. The van der Waals surface area contributed by atoms with Gasteiger partial charge >= 0.3 is 0 Å². The van der Waals surface area contributed by atoms with Gasteiger partial charge in [0.05, 0.1) is 6.04 Å². The van der Waals surface area contributed by atoms with E-state index < -0.39 is 21.6 Å². The molecular formula is C13H24ClN3O3S2. The number of hydrogen-bond acceptors (Lipinski definition) is 5. The van der Waals surface area contributed by atoms with E-state index in [4.69, 9.17) is 5.73 Å². The van der Waals surface area contributed by atoms with Gasteiger partial charge < -0.3 is 11.1 Å². The van der Waals surface area contributed by atoms with Crippen LogP contribution in [0.4, 0.5) is 0 Å². The zero-order chi connectivity index (χ0) is 16.1. The van der Waals surface area contributed by atoms with Gasteiger partial charge in [-0.3, -0.25) is 4.79 Å². The molecule has 0 radical (unpaired) electrons. The van der Waals surface area contributed by atoms with Crippen molar-refractivity contribution in [1.29, 1.82) is 0 Å². The highest BCUT2D eigenvalue weighted by molar-refractivity contribution is 7.91. The molecule has 128 valence electrons. The lowest BCUT2D eigenvalue weighted by Crippen LogP contribution is -2.53. The Labute approximate surface area is 142 Å². The standard InChI is InChI=1S/C13H23N3O3S2.ClH/c1-4-13(14,5-2)9-15-12(17)10(3)16-21(18,19)11-7-6-8-20-11;/h6-8,10,16H,4-5,9,14H2,1-3H3,(H,15,17);1H. The second kappa shape index (κ2) is 8.83. The van der Waals surface area contributed by atoms with Crippen LogP contribution in [0.25, 0.3) is 0 Å². The van der Waals surface area contributed by atoms with Gasteiger partial charge in [-0.15, -0.1) is 23.7 Å². The molecule has 0 fully saturated rings. The van der Waals surface area contributed by atoms with Gasteiger partial charge in [-0.25, -0.2) is 8.42 Å². The predicted molar refractivity (Wildman–Crippen MR) is 91.9 cm³/mol. The first-order chi connectivity index (χ1) is 9.74. The number of sulfonamides is 1. The van der Waals surface area contributed by atoms with E-state index in [1.807, 2.05) is 13.8 Å². The molecule has 0 aliphatic heterocycles. The molecule has 1 aromatic heterocycles. The van der Waals surface area contributed by atoms with Gasteiger partial charge in [-0.1, -0.05) is 19.9 Å². The maximum Gasteiger partial charge on any atom is 0.250 e. The van der Waals surface area contributed by atoms with E-state index in [2.05, 4.69) is 10.0 Å². The first-order valence-corrected chi connectivity index (χ1v) is 9.23. The normalized spacial score (nSPS) is 13.3. The summed E-state index contributed by atoms with van der Waals surface area (Å²) in [5.74, 6) is -0.383. The van der Waals surface area contributed by atoms with Gasteiger partial charge in [0.25, 0.3) is 10.0 Å². The minimum absolute atomic E-state index is 0. The quantitative estimate of drug-likeness (QED) is 0.645. The average molecular weight is 370 g/mol. The predicted octanol–water partition coefficient (Wildman–Crippen LogP) is 1.47. The fourth-order valence-electron chi connectivity index (χ4n) is 1.68. The van der Waals surface area contributed by atoms with Crippen molar-refractivity contribution < 1.29 is 13.2 Å². The Bertz CT molecular complexity index is 557. The van der Waals surface area contributed by atoms with Crippen molar-refractivity contribution in [2.24, 2.45) is 5.73 Å². The number of halogens is 1. The fraction of sp³-hybridized carbons (Fsp3) is 0.615. The Morgan fingerprint density at radius 2 is 2.00 bits per heavy atom. The van der Waals surface area contributed by atoms with Crippen LogP contribution in [0.2, 0.25) is 0 Å². The highest BCUT2D eigenvalue weighted by atomic mass is 35.5. The Kier molecular flexibility index (Phi) is 8.56. The number of rotatable bonds is 8. The van der Waals surface area contributed by atoms with Gasteiger partial charge in [0.1, 0.15) is 4.21 Å². The molecule has 0 aliphatic rings. The third-order valence-electron chi connectivity index (χ3n) is 3.51. The van der Waals surface area contributed by atoms with Crippen LogP contribution in [0.3, 0.4) is 0 Å². The number of nitrogens with one attached hydrogen (secondary N) is 2. The lowest BCUT2D eigenvalue weighted by molar-refractivity contribution is -0.122. The van der Waals surface area contributed by atoms with E-state index in [9.17, 15) is 13.2 Å². The van der Waals surface area contributed by atoms with Gasteiger partial charge in [0, 0.05) is 12.1 Å². The minimum Gasteiger partial charge on any atom is -0.353 e. The molecule has 9 heteroatoms. The second-order valence-corrected chi connectivity index (χ2v) is 7.95. The number of thiophene rings is 1. The molecule has 0 spiro atoms. The average Bonchev–Trinajstić information content (AvgIpc) is 2.99. The molecule has 0 aromatic carbocycles. The molecule has 1 rings (SSSR count). The lowest BCUT2D eigenvalue weighted by Gasteiger charge is -2.27. The zero-order valence-corrected chi connectivity index (χ0v) is 15.4. The van der Waals surface area contributed by atoms with Crippen LogP contribution in [0.1, 0.15) is 33.6 Å². The van der Waals surface area contributed by atoms with Crippen molar-refractivity contribution in [2.75, 3.05) is 6.54 Å². The van der Waals surface area contributed by atoms with Crippen LogP contribution < -0.4 is 15.8 Å². The molecule has 1 heterocycles. The van der Waals surface area contributed by atoms with E-state index in [1.165, 1.54) is 13.0 Å². The van der Waals surface area contributed by atoms with Crippen LogP contribution in [0.5, 0.6) is 0 Å². The van der Waals surface area contributed by atoms with Crippen LogP contribution >= 0.6 is 23.7 Å². The number of nitrogens with two attached hydrogens (primary N) is 1. The van der Waals surface area contributed by atoms with Crippen molar-refractivity contribution in [2.45, 2.75) is 49.4 Å². The summed E-state index contributed by atoms with van der Waals surface area (Å²) in [6.07, 6.45) is 1.47. The maximum absolute atomic E-state index is 12.0. The summed E-state index contributed by atoms with van der Waals surface area (Å²) in [6.45, 7) is 5.75. The second-order valence-electron chi connectivity index (χ2n) is 5.06. The summed E-state index contributed by atoms with van der Waals surface area (Å²) in [4.78, 5) is 12.0. The number of carbonyl (C=O) groups excluding carboxylic acids is 1. The molecule has 0 saturated carbocycles. The highest BCUT2D eigenvalue weighted by Gasteiger charge is 2.25. The summed E-state index contributed by atoms with van der Waals surface area (Å²) in [5, 5.41) is 4.38. The minimum atomic E-state index is -3.65. The van der Waals surface area contributed by atoms with E-state index in [0.29, 0.717) is 6.54 Å². The number of carbonyl (C=O) groups is 1. The fourth-order valence-corrected chi connectivity index (χ4v) is 3.89. The van der Waals surface area contributed by atoms with Gasteiger partial charge in [-0.05, 0) is 31.2 Å². The molecule has 1 amide bonds. The Hall–Kier alpha value is -0.670. The lowest BCUT2D eigenvalue weighted by atomic mass is 9.94. The number of amides is 1. The van der Waals surface area contributed by atoms with Crippen molar-refractivity contribution in [3.05, 3.63) is 17.5 Å². The zero-order valence-electron chi connectivity index (χ0n) is 13.0. The van der Waals surface area contributed by atoms with Gasteiger partial charge in [-0.2, -0.15) is 4.72 Å². The monoisotopic (exact) mass is 369 g/mol. The van der Waals surface area contributed by atoms with Crippen LogP contribution in [0.15, 0.2) is 21.7 Å². The van der Waals surface area contributed by atoms with Crippen molar-refractivity contribution in [3.8, 4) is 0 Å². The van der Waals surface area contributed by atoms with E-state index >= 15 is 0 Å². The maximum atomic E-state index is 12.0.